The van der Waals surface area contributed by atoms with Gasteiger partial charge in [0.15, 0.2) is 29.2 Å². The summed E-state index contributed by atoms with van der Waals surface area (Å²) in [5.74, 6) is -2.14. The molecular weight excluding hydrogens is 466 g/mol. The van der Waals surface area contributed by atoms with Crippen LogP contribution in [0.2, 0.25) is 0 Å². The number of hydrogen-bond donors (Lipinski definition) is 6. The molecule has 1 aromatic carbocycles. The first-order chi connectivity index (χ1) is 16.7. The number of imidazole rings is 1. The first kappa shape index (κ1) is 24.1. The summed E-state index contributed by atoms with van der Waals surface area (Å²) in [5.41, 5.74) is 5.52. The van der Waals surface area contributed by atoms with E-state index in [0.29, 0.717) is 30.4 Å². The number of amides is 1. The highest BCUT2D eigenvalue weighted by Crippen LogP contribution is 2.35. The van der Waals surface area contributed by atoms with Crippen molar-refractivity contribution >= 4 is 28.6 Å². The molecule has 15 heteroatoms. The minimum Gasteiger partial charge on any atom is -0.504 e. The molecule has 3 aromatic rings. The van der Waals surface area contributed by atoms with E-state index < -0.39 is 58.1 Å². The van der Waals surface area contributed by atoms with E-state index in [2.05, 4.69) is 20.3 Å². The Balaban J connectivity index is 1.30. The average molecular weight is 489 g/mol. The molecule has 0 bridgehead atoms. The number of aromatic nitrogens is 4. The van der Waals surface area contributed by atoms with Gasteiger partial charge in [-0.3, -0.25) is 19.5 Å². The molecule has 1 aliphatic heterocycles. The molecule has 0 saturated carbocycles. The largest absolute Gasteiger partial charge is 0.504 e. The first-order valence-electron chi connectivity index (χ1n) is 10.6. The second-order valence-electron chi connectivity index (χ2n) is 8.00. The zero-order valence-electron chi connectivity index (χ0n) is 18.2. The maximum absolute atomic E-state index is 12.3. The molecule has 1 amide bonds. The number of aliphatic hydroxyl groups is 2. The Kier molecular flexibility index (Phi) is 6.63. The number of nitrogens with zero attached hydrogens (tertiary/aromatic N) is 5. The van der Waals surface area contributed by atoms with E-state index in [0.717, 1.165) is 12.1 Å². The van der Waals surface area contributed by atoms with Gasteiger partial charge in [-0.25, -0.2) is 15.0 Å². The Hall–Kier alpha value is -4.08. The number of nitrogens with two attached hydrogens (primary N) is 1. The molecule has 15 nitrogen and oxygen atoms in total. The Morgan fingerprint density at radius 3 is 2.71 bits per heavy atom. The van der Waals surface area contributed by atoms with Crippen molar-refractivity contribution < 1.29 is 34.9 Å². The van der Waals surface area contributed by atoms with Gasteiger partial charge >= 0.3 is 0 Å². The van der Waals surface area contributed by atoms with Gasteiger partial charge in [0.2, 0.25) is 0 Å². The number of ether oxygens (including phenoxy) is 1. The summed E-state index contributed by atoms with van der Waals surface area (Å²) in [6.45, 7) is 0.152. The number of nitro benzene ring substituents is 1. The molecule has 1 fully saturated rings. The van der Waals surface area contributed by atoms with E-state index in [1.54, 1.807) is 0 Å². The van der Waals surface area contributed by atoms with Gasteiger partial charge in [-0.05, 0) is 19.3 Å². The lowest BCUT2D eigenvalue weighted by atomic mass is 10.0. The number of non-ortho nitro benzene ring substituents is 1. The summed E-state index contributed by atoms with van der Waals surface area (Å²) in [6.07, 6.45) is -0.0838. The average Bonchev–Trinajstić information content (AvgIpc) is 3.37. The lowest BCUT2D eigenvalue weighted by Crippen LogP contribution is -2.31. The topological polar surface area (TPSA) is 232 Å². The fraction of sp³-hybridized carbons (Fsp3) is 0.400. The molecule has 35 heavy (non-hydrogen) atoms. The molecule has 1 aliphatic rings. The minimum atomic E-state index is -1.24. The van der Waals surface area contributed by atoms with Crippen molar-refractivity contribution in [2.75, 3.05) is 12.3 Å². The van der Waals surface area contributed by atoms with Crippen LogP contribution in [-0.4, -0.2) is 75.6 Å². The van der Waals surface area contributed by atoms with E-state index >= 15 is 0 Å². The van der Waals surface area contributed by atoms with Crippen LogP contribution in [0, 0.1) is 10.1 Å². The van der Waals surface area contributed by atoms with Crippen LogP contribution < -0.4 is 11.1 Å². The maximum atomic E-state index is 12.3. The van der Waals surface area contributed by atoms with Crippen molar-refractivity contribution in [2.24, 2.45) is 0 Å². The Bertz CT molecular complexity index is 1270. The molecular formula is C20H23N7O8. The van der Waals surface area contributed by atoms with E-state index in [9.17, 15) is 35.3 Å². The van der Waals surface area contributed by atoms with Crippen molar-refractivity contribution in [1.29, 1.82) is 0 Å². The molecule has 0 spiro atoms. The van der Waals surface area contributed by atoms with Crippen LogP contribution in [0.5, 0.6) is 11.5 Å². The summed E-state index contributed by atoms with van der Waals surface area (Å²) in [4.78, 5) is 34.5. The Morgan fingerprint density at radius 2 is 1.97 bits per heavy atom. The summed E-state index contributed by atoms with van der Waals surface area (Å²) in [6, 6.07) is 1.61. The number of phenolic OH excluding ortho intramolecular Hbond substituents is 2. The van der Waals surface area contributed by atoms with Gasteiger partial charge in [0.1, 0.15) is 24.1 Å². The van der Waals surface area contributed by atoms with Crippen molar-refractivity contribution in [3.05, 3.63) is 40.5 Å². The number of aliphatic hydroxyl groups excluding tert-OH is 2. The summed E-state index contributed by atoms with van der Waals surface area (Å²) < 4.78 is 7.32. The van der Waals surface area contributed by atoms with E-state index in [1.165, 1.54) is 17.2 Å². The zero-order valence-corrected chi connectivity index (χ0v) is 18.2. The number of phenols is 2. The van der Waals surface area contributed by atoms with Crippen LogP contribution in [-0.2, 0) is 4.74 Å². The molecule has 0 unspecified atom stereocenters. The van der Waals surface area contributed by atoms with Gasteiger partial charge in [-0.2, -0.15) is 0 Å². The molecule has 7 N–H and O–H groups in total. The number of benzene rings is 1. The molecule has 3 heterocycles. The number of fused-ring (bicyclic) bond motifs is 1. The zero-order chi connectivity index (χ0) is 25.3. The summed E-state index contributed by atoms with van der Waals surface area (Å²) in [5, 5.41) is 53.8. The predicted octanol–water partition coefficient (Wildman–Crippen LogP) is -0.0526. The molecule has 0 radical (unpaired) electrons. The fourth-order valence-electron chi connectivity index (χ4n) is 3.90. The van der Waals surface area contributed by atoms with Crippen LogP contribution in [0.15, 0.2) is 24.8 Å². The molecule has 4 rings (SSSR count). The molecule has 4 atom stereocenters. The van der Waals surface area contributed by atoms with Gasteiger partial charge < -0.3 is 36.2 Å². The number of anilines is 1. The highest BCUT2D eigenvalue weighted by atomic mass is 16.6. The monoisotopic (exact) mass is 489 g/mol. The third-order valence-electron chi connectivity index (χ3n) is 5.73. The van der Waals surface area contributed by atoms with Crippen molar-refractivity contribution in [2.45, 2.75) is 43.8 Å². The van der Waals surface area contributed by atoms with E-state index in [-0.39, 0.29) is 12.4 Å². The fourth-order valence-corrected chi connectivity index (χ4v) is 3.90. The Morgan fingerprint density at radius 1 is 1.20 bits per heavy atom. The van der Waals surface area contributed by atoms with Crippen LogP contribution in [0.1, 0.15) is 35.8 Å². The molecule has 0 aliphatic carbocycles. The highest BCUT2D eigenvalue weighted by Gasteiger charge is 2.43. The molecule has 2 aromatic heterocycles. The molecule has 1 saturated heterocycles. The number of carbonyl (C=O) groups excluding carboxylic acids is 1. The number of nitrogen functional groups attached to an aromatic ring is 1. The smallest absolute Gasteiger partial charge is 0.274 e. The van der Waals surface area contributed by atoms with Crippen molar-refractivity contribution in [3.63, 3.8) is 0 Å². The number of aromatic hydroxyl groups is 2. The SMILES string of the molecule is Nc1ncnc2c1ncn2[C@@H]1O[C@H](CCCCNC(=O)c2cc([N+](=O)[O-])cc(O)c2O)[C@@H](O)[C@H]1O. The van der Waals surface area contributed by atoms with Crippen molar-refractivity contribution in [1.82, 2.24) is 24.8 Å². The quantitative estimate of drug-likeness (QED) is 0.106. The predicted molar refractivity (Wildman–Crippen MR) is 118 cm³/mol. The number of hydrogen-bond acceptors (Lipinski definition) is 12. The Labute approximate surface area is 197 Å². The summed E-state index contributed by atoms with van der Waals surface area (Å²) in [7, 11) is 0. The number of nitro groups is 1. The molecule has 186 valence electrons. The second-order valence-corrected chi connectivity index (χ2v) is 8.00. The van der Waals surface area contributed by atoms with Gasteiger partial charge in [-0.15, -0.1) is 0 Å². The second kappa shape index (κ2) is 9.65. The number of carbonyl (C=O) groups is 1. The van der Waals surface area contributed by atoms with E-state index in [1.807, 2.05) is 0 Å². The third-order valence-corrected chi connectivity index (χ3v) is 5.73. The third kappa shape index (κ3) is 4.64. The normalized spacial score (nSPS) is 21.9. The van der Waals surface area contributed by atoms with Crippen LogP contribution in [0.4, 0.5) is 11.5 Å². The summed E-state index contributed by atoms with van der Waals surface area (Å²) >= 11 is 0. The van der Waals surface area contributed by atoms with Gasteiger partial charge in [0.05, 0.1) is 29.0 Å². The van der Waals surface area contributed by atoms with Crippen LogP contribution >= 0.6 is 0 Å². The highest BCUT2D eigenvalue weighted by molar-refractivity contribution is 5.98. The lowest BCUT2D eigenvalue weighted by Gasteiger charge is -2.16. The van der Waals surface area contributed by atoms with Gasteiger partial charge in [-0.1, -0.05) is 0 Å². The van der Waals surface area contributed by atoms with Gasteiger partial charge in [0, 0.05) is 12.6 Å². The van der Waals surface area contributed by atoms with E-state index in [4.69, 9.17) is 10.5 Å². The van der Waals surface area contributed by atoms with Gasteiger partial charge in [0.25, 0.3) is 11.6 Å². The number of nitrogens with one attached hydrogen (secondary N) is 1. The maximum Gasteiger partial charge on any atom is 0.274 e. The van der Waals surface area contributed by atoms with Crippen molar-refractivity contribution in [3.8, 4) is 11.5 Å². The van der Waals surface area contributed by atoms with Crippen LogP contribution in [0.25, 0.3) is 11.2 Å². The lowest BCUT2D eigenvalue weighted by molar-refractivity contribution is -0.385. The minimum absolute atomic E-state index is 0.152. The number of rotatable bonds is 8. The van der Waals surface area contributed by atoms with Crippen LogP contribution in [0.3, 0.4) is 0 Å². The standard InChI is InChI=1S/C20H23N7O8/c21-17-13-18(24-7-23-17)26(8-25-13)20-16(31)15(30)12(35-20)3-1-2-4-22-19(32)10-5-9(27(33)34)6-11(28)14(10)29/h5-8,12,15-16,20,28-31H,1-4H2,(H,22,32)(H2,21,23,24)/t12-,15-,16-,20-/m1/s1. The number of unbranched alkanes of at least 4 members (excludes halogenated alkanes) is 1. The first-order valence-corrected chi connectivity index (χ1v) is 10.6.